The second-order valence-electron chi connectivity index (χ2n) is 5.15. The summed E-state index contributed by atoms with van der Waals surface area (Å²) in [5, 5.41) is 2.94. The zero-order valence-electron chi connectivity index (χ0n) is 12.8. The van der Waals surface area contributed by atoms with Crippen molar-refractivity contribution in [1.82, 2.24) is 14.7 Å². The molecular weight excluding hydrogens is 358 g/mol. The molecule has 0 unspecified atom stereocenters. The molecule has 0 saturated carbocycles. The molecule has 2 heterocycles. The highest BCUT2D eigenvalue weighted by atomic mass is 79.9. The van der Waals surface area contributed by atoms with Crippen molar-refractivity contribution in [2.75, 3.05) is 7.11 Å². The summed E-state index contributed by atoms with van der Waals surface area (Å²) in [6.45, 7) is 2.28. The number of ether oxygens (including phenoxy) is 1. The van der Waals surface area contributed by atoms with E-state index in [2.05, 4.69) is 26.2 Å². The average Bonchev–Trinajstić information content (AvgIpc) is 2.88. The molecule has 0 bridgehead atoms. The predicted octanol–water partition coefficient (Wildman–Crippen LogP) is 3.34. The van der Waals surface area contributed by atoms with Crippen LogP contribution in [0.4, 0.5) is 0 Å². The number of nitrogens with zero attached hydrogens (tertiary/aromatic N) is 2. The van der Waals surface area contributed by atoms with Crippen LogP contribution in [0.3, 0.4) is 0 Å². The largest absolute Gasteiger partial charge is 0.497 e. The second kappa shape index (κ2) is 6.42. The monoisotopic (exact) mass is 373 g/mol. The van der Waals surface area contributed by atoms with Crippen molar-refractivity contribution in [2.45, 2.75) is 13.5 Å². The van der Waals surface area contributed by atoms with Gasteiger partial charge in [-0.1, -0.05) is 12.1 Å². The molecule has 3 aromatic rings. The summed E-state index contributed by atoms with van der Waals surface area (Å²) in [5.41, 5.74) is 3.01. The van der Waals surface area contributed by atoms with Gasteiger partial charge in [0.1, 0.15) is 17.1 Å². The van der Waals surface area contributed by atoms with Gasteiger partial charge in [-0.15, -0.1) is 0 Å². The third kappa shape index (κ3) is 3.22. The number of carbonyl (C=O) groups is 1. The van der Waals surface area contributed by atoms with Crippen LogP contribution in [0, 0.1) is 6.92 Å². The number of carbonyl (C=O) groups excluding carboxylic acids is 1. The van der Waals surface area contributed by atoms with E-state index in [1.165, 1.54) is 0 Å². The fraction of sp³-hybridized carbons (Fsp3) is 0.176. The van der Waals surface area contributed by atoms with Gasteiger partial charge in [0, 0.05) is 17.2 Å². The maximum absolute atomic E-state index is 12.5. The summed E-state index contributed by atoms with van der Waals surface area (Å²) in [5.74, 6) is 0.645. The van der Waals surface area contributed by atoms with Gasteiger partial charge in [-0.05, 0) is 52.7 Å². The zero-order valence-corrected chi connectivity index (χ0v) is 14.4. The lowest BCUT2D eigenvalue weighted by atomic mass is 10.2. The van der Waals surface area contributed by atoms with Crippen molar-refractivity contribution >= 4 is 27.5 Å². The van der Waals surface area contributed by atoms with Gasteiger partial charge in [-0.3, -0.25) is 9.20 Å². The number of fused-ring (bicyclic) bond motifs is 1. The smallest absolute Gasteiger partial charge is 0.270 e. The number of benzene rings is 1. The van der Waals surface area contributed by atoms with Gasteiger partial charge >= 0.3 is 0 Å². The van der Waals surface area contributed by atoms with Gasteiger partial charge in [0.15, 0.2) is 0 Å². The molecular formula is C17H16BrN3O2. The predicted molar refractivity (Wildman–Crippen MR) is 91.8 cm³/mol. The third-order valence-corrected chi connectivity index (χ3v) is 4.05. The minimum Gasteiger partial charge on any atom is -0.497 e. The van der Waals surface area contributed by atoms with E-state index in [1.807, 2.05) is 49.5 Å². The molecule has 0 aliphatic heterocycles. The molecule has 0 spiro atoms. The molecule has 0 saturated heterocycles. The second-order valence-corrected chi connectivity index (χ2v) is 6.07. The highest BCUT2D eigenvalue weighted by molar-refractivity contribution is 9.10. The first-order chi connectivity index (χ1) is 11.1. The van der Waals surface area contributed by atoms with Gasteiger partial charge in [-0.2, -0.15) is 0 Å². The fourth-order valence-electron chi connectivity index (χ4n) is 2.42. The van der Waals surface area contributed by atoms with Crippen molar-refractivity contribution in [3.8, 4) is 5.75 Å². The van der Waals surface area contributed by atoms with Gasteiger partial charge < -0.3 is 10.1 Å². The number of imidazole rings is 1. The number of rotatable bonds is 4. The lowest BCUT2D eigenvalue weighted by Gasteiger charge is -2.07. The average molecular weight is 374 g/mol. The molecule has 5 nitrogen and oxygen atoms in total. The molecule has 0 aliphatic carbocycles. The summed E-state index contributed by atoms with van der Waals surface area (Å²) in [6, 6.07) is 11.4. The number of hydrogen-bond acceptors (Lipinski definition) is 3. The molecule has 3 rings (SSSR count). The maximum Gasteiger partial charge on any atom is 0.270 e. The van der Waals surface area contributed by atoms with Crippen LogP contribution in [0.2, 0.25) is 0 Å². The maximum atomic E-state index is 12.5. The molecule has 1 aromatic carbocycles. The molecule has 2 aromatic heterocycles. The number of nitrogens with one attached hydrogen (secondary N) is 1. The van der Waals surface area contributed by atoms with Crippen molar-refractivity contribution in [2.24, 2.45) is 0 Å². The fourth-order valence-corrected chi connectivity index (χ4v) is 2.76. The Kier molecular flexibility index (Phi) is 4.34. The number of methoxy groups -OCH3 is 1. The number of halogens is 1. The van der Waals surface area contributed by atoms with E-state index in [0.717, 1.165) is 21.4 Å². The van der Waals surface area contributed by atoms with Crippen LogP contribution in [0.5, 0.6) is 5.75 Å². The summed E-state index contributed by atoms with van der Waals surface area (Å²) in [6.07, 6.45) is 1.84. The SMILES string of the molecule is COc1ccc(CNC(=O)c2c(C)nc3ccc(Br)cn23)cc1. The van der Waals surface area contributed by atoms with Gasteiger partial charge in [-0.25, -0.2) is 4.98 Å². The van der Waals surface area contributed by atoms with E-state index in [0.29, 0.717) is 17.9 Å². The Morgan fingerprint density at radius 3 is 2.70 bits per heavy atom. The first-order valence-corrected chi connectivity index (χ1v) is 7.93. The molecule has 118 valence electrons. The number of pyridine rings is 1. The van der Waals surface area contributed by atoms with Crippen LogP contribution in [-0.2, 0) is 6.54 Å². The van der Waals surface area contributed by atoms with Gasteiger partial charge in [0.25, 0.3) is 5.91 Å². The van der Waals surface area contributed by atoms with Crippen molar-refractivity contribution in [3.63, 3.8) is 0 Å². The summed E-state index contributed by atoms with van der Waals surface area (Å²) < 4.78 is 7.81. The zero-order chi connectivity index (χ0) is 16.4. The molecule has 0 fully saturated rings. The van der Waals surface area contributed by atoms with Crippen LogP contribution >= 0.6 is 15.9 Å². The number of aryl methyl sites for hydroxylation is 1. The normalized spacial score (nSPS) is 10.7. The lowest BCUT2D eigenvalue weighted by Crippen LogP contribution is -2.25. The van der Waals surface area contributed by atoms with E-state index in [4.69, 9.17) is 4.74 Å². The van der Waals surface area contributed by atoms with Gasteiger partial charge in [0.05, 0.1) is 12.8 Å². The molecule has 1 amide bonds. The third-order valence-electron chi connectivity index (χ3n) is 3.58. The topological polar surface area (TPSA) is 55.6 Å². The minimum absolute atomic E-state index is 0.149. The highest BCUT2D eigenvalue weighted by Crippen LogP contribution is 2.17. The first-order valence-electron chi connectivity index (χ1n) is 7.14. The molecule has 23 heavy (non-hydrogen) atoms. The van der Waals surface area contributed by atoms with E-state index in [1.54, 1.807) is 11.5 Å². The van der Waals surface area contributed by atoms with Crippen molar-refractivity contribution < 1.29 is 9.53 Å². The van der Waals surface area contributed by atoms with Gasteiger partial charge in [0.2, 0.25) is 0 Å². The Morgan fingerprint density at radius 2 is 2.00 bits per heavy atom. The summed E-state index contributed by atoms with van der Waals surface area (Å²) >= 11 is 3.42. The van der Waals surface area contributed by atoms with E-state index in [9.17, 15) is 4.79 Å². The van der Waals surface area contributed by atoms with Crippen molar-refractivity contribution in [1.29, 1.82) is 0 Å². The Bertz CT molecular complexity index is 856. The molecule has 0 radical (unpaired) electrons. The van der Waals surface area contributed by atoms with Crippen molar-refractivity contribution in [3.05, 3.63) is 64.0 Å². The quantitative estimate of drug-likeness (QED) is 0.762. The molecule has 0 atom stereocenters. The number of hydrogen-bond donors (Lipinski definition) is 1. The Balaban J connectivity index is 1.80. The Hall–Kier alpha value is -2.34. The molecule has 6 heteroatoms. The first kappa shape index (κ1) is 15.6. The number of amides is 1. The molecule has 0 aliphatic rings. The van der Waals surface area contributed by atoms with Crippen LogP contribution in [0.15, 0.2) is 47.1 Å². The summed E-state index contributed by atoms with van der Waals surface area (Å²) in [4.78, 5) is 17.0. The highest BCUT2D eigenvalue weighted by Gasteiger charge is 2.16. The van der Waals surface area contributed by atoms with Crippen LogP contribution in [0.25, 0.3) is 5.65 Å². The van der Waals surface area contributed by atoms with E-state index < -0.39 is 0 Å². The van der Waals surface area contributed by atoms with Crippen LogP contribution in [0.1, 0.15) is 21.7 Å². The van der Waals surface area contributed by atoms with Crippen LogP contribution in [-0.4, -0.2) is 22.4 Å². The Morgan fingerprint density at radius 1 is 1.26 bits per heavy atom. The Labute approximate surface area is 142 Å². The molecule has 1 N–H and O–H groups in total. The standard InChI is InChI=1S/C17H16BrN3O2/c1-11-16(21-10-13(18)5-8-15(21)20-11)17(22)19-9-12-3-6-14(23-2)7-4-12/h3-8,10H,9H2,1-2H3,(H,19,22). The summed E-state index contributed by atoms with van der Waals surface area (Å²) in [7, 11) is 1.63. The van der Waals surface area contributed by atoms with Crippen LogP contribution < -0.4 is 10.1 Å². The minimum atomic E-state index is -0.149. The van der Waals surface area contributed by atoms with E-state index >= 15 is 0 Å². The van der Waals surface area contributed by atoms with E-state index in [-0.39, 0.29) is 5.91 Å². The number of aromatic nitrogens is 2. The lowest BCUT2D eigenvalue weighted by molar-refractivity contribution is 0.0944.